The number of carbonyl (C=O) groups is 1. The van der Waals surface area contributed by atoms with Gasteiger partial charge in [0.05, 0.1) is 5.56 Å². The molecule has 0 unspecified atom stereocenters. The second kappa shape index (κ2) is 17.8. The first-order valence-electron chi connectivity index (χ1n) is 10.5. The van der Waals surface area contributed by atoms with Crippen molar-refractivity contribution in [3.05, 3.63) is 94.5 Å². The van der Waals surface area contributed by atoms with Gasteiger partial charge in [-0.2, -0.15) is 0 Å². The summed E-state index contributed by atoms with van der Waals surface area (Å²) in [6.07, 6.45) is 0. The van der Waals surface area contributed by atoms with E-state index in [2.05, 4.69) is 15.9 Å². The molecule has 0 saturated carbocycles. The summed E-state index contributed by atoms with van der Waals surface area (Å²) in [6, 6.07) is 25.2. The maximum Gasteiger partial charge on any atom is 0.339 e. The van der Waals surface area contributed by atoms with Gasteiger partial charge >= 0.3 is 5.97 Å². The van der Waals surface area contributed by atoms with E-state index in [9.17, 15) is 4.79 Å². The lowest BCUT2D eigenvalue weighted by Gasteiger charge is -2.09. The summed E-state index contributed by atoms with van der Waals surface area (Å²) in [6.45, 7) is 12.3. The van der Waals surface area contributed by atoms with Crippen molar-refractivity contribution < 1.29 is 9.53 Å². The number of hydrogen-bond donors (Lipinski definition) is 0. The first kappa shape index (κ1) is 28.0. The van der Waals surface area contributed by atoms with E-state index in [-0.39, 0.29) is 12.6 Å². The monoisotopic (exact) mass is 488 g/mol. The van der Waals surface area contributed by atoms with Crippen molar-refractivity contribution in [3.8, 4) is 0 Å². The molecule has 3 rings (SSSR count). The van der Waals surface area contributed by atoms with Crippen molar-refractivity contribution in [1.29, 1.82) is 0 Å². The van der Waals surface area contributed by atoms with Crippen LogP contribution in [0.5, 0.6) is 0 Å². The van der Waals surface area contributed by atoms with Crippen LogP contribution in [0.2, 0.25) is 0 Å². The normalized spacial score (nSPS) is 8.90. The van der Waals surface area contributed by atoms with Crippen LogP contribution in [-0.4, -0.2) is 5.97 Å². The molecule has 162 valence electrons. The summed E-state index contributed by atoms with van der Waals surface area (Å²) in [5.74, 6) is -0.306. The molecule has 0 fully saturated rings. The van der Waals surface area contributed by atoms with E-state index in [4.69, 9.17) is 4.74 Å². The molecule has 30 heavy (non-hydrogen) atoms. The Morgan fingerprint density at radius 3 is 1.90 bits per heavy atom. The van der Waals surface area contributed by atoms with Gasteiger partial charge in [0, 0.05) is 14.3 Å². The second-order valence-electron chi connectivity index (χ2n) is 5.11. The summed E-state index contributed by atoms with van der Waals surface area (Å²) < 4.78 is 6.48. The van der Waals surface area contributed by atoms with Crippen molar-refractivity contribution in [2.24, 2.45) is 0 Å². The minimum atomic E-state index is -0.306. The van der Waals surface area contributed by atoms with Gasteiger partial charge < -0.3 is 4.74 Å². The molecule has 0 amide bonds. The lowest BCUT2D eigenvalue weighted by Crippen LogP contribution is -2.06. The maximum atomic E-state index is 12.4. The summed E-state index contributed by atoms with van der Waals surface area (Å²) >= 11 is 4.98. The fourth-order valence-electron chi connectivity index (χ4n) is 2.15. The van der Waals surface area contributed by atoms with Crippen molar-refractivity contribution in [3.63, 3.8) is 0 Å². The Bertz CT molecular complexity index is 818. The summed E-state index contributed by atoms with van der Waals surface area (Å²) in [5.41, 5.74) is 1.56. The van der Waals surface area contributed by atoms with E-state index < -0.39 is 0 Å². The standard InChI is InChI=1S/C20H15BrO2S.3C2H6/c21-16-10-12-17(13-11-16)24-19-9-5-4-8-18(19)20(22)23-14-15-6-2-1-3-7-15;3*1-2/h1-13H,14H2;3*1-2H3. The molecule has 4 heteroatoms. The zero-order valence-electron chi connectivity index (χ0n) is 18.8. The predicted molar refractivity (Wildman–Crippen MR) is 134 cm³/mol. The summed E-state index contributed by atoms with van der Waals surface area (Å²) in [5, 5.41) is 0. The quantitative estimate of drug-likeness (QED) is 0.335. The van der Waals surface area contributed by atoms with Crippen LogP contribution in [0.4, 0.5) is 0 Å². The van der Waals surface area contributed by atoms with E-state index in [1.54, 1.807) is 17.8 Å². The SMILES string of the molecule is CC.CC.CC.O=C(OCc1ccccc1)c1ccccc1Sc1ccc(Br)cc1. The fraction of sp³-hybridized carbons (Fsp3) is 0.269. The third kappa shape index (κ3) is 10.1. The average molecular weight is 490 g/mol. The first-order chi connectivity index (χ1) is 14.7. The number of hydrogen-bond acceptors (Lipinski definition) is 3. The highest BCUT2D eigenvalue weighted by Crippen LogP contribution is 2.31. The van der Waals surface area contributed by atoms with Crippen molar-refractivity contribution >= 4 is 33.7 Å². The smallest absolute Gasteiger partial charge is 0.339 e. The van der Waals surface area contributed by atoms with E-state index in [0.29, 0.717) is 5.56 Å². The highest BCUT2D eigenvalue weighted by Gasteiger charge is 2.13. The van der Waals surface area contributed by atoms with Gasteiger partial charge in [-0.1, -0.05) is 112 Å². The molecule has 3 aromatic rings. The fourth-order valence-corrected chi connectivity index (χ4v) is 3.35. The van der Waals surface area contributed by atoms with Crippen LogP contribution < -0.4 is 0 Å². The minimum absolute atomic E-state index is 0.275. The molecular formula is C26H33BrO2S. The zero-order valence-corrected chi connectivity index (χ0v) is 21.2. The van der Waals surface area contributed by atoms with E-state index in [0.717, 1.165) is 19.8 Å². The molecule has 0 saturated heterocycles. The van der Waals surface area contributed by atoms with Crippen molar-refractivity contribution in [2.45, 2.75) is 57.9 Å². The van der Waals surface area contributed by atoms with E-state index >= 15 is 0 Å². The topological polar surface area (TPSA) is 26.3 Å². The summed E-state index contributed by atoms with van der Waals surface area (Å²) in [4.78, 5) is 14.4. The van der Waals surface area contributed by atoms with Crippen LogP contribution in [0.25, 0.3) is 0 Å². The van der Waals surface area contributed by atoms with Gasteiger partial charge in [0.2, 0.25) is 0 Å². The number of esters is 1. The van der Waals surface area contributed by atoms with Gasteiger partial charge in [0.15, 0.2) is 0 Å². The largest absolute Gasteiger partial charge is 0.457 e. The van der Waals surface area contributed by atoms with Gasteiger partial charge in [-0.05, 0) is 42.0 Å². The Morgan fingerprint density at radius 1 is 0.767 bits per heavy atom. The molecule has 2 nitrogen and oxygen atoms in total. The Labute approximate surface area is 195 Å². The lowest BCUT2D eigenvalue weighted by atomic mass is 10.2. The molecule has 0 spiro atoms. The zero-order chi connectivity index (χ0) is 22.8. The molecule has 0 aliphatic heterocycles. The molecule has 0 heterocycles. The Kier molecular flexibility index (Phi) is 16.6. The minimum Gasteiger partial charge on any atom is -0.457 e. The Hall–Kier alpha value is -2.04. The number of halogens is 1. The Morgan fingerprint density at radius 2 is 1.30 bits per heavy atom. The lowest BCUT2D eigenvalue weighted by molar-refractivity contribution is 0.0468. The number of carbonyl (C=O) groups excluding carboxylic acids is 1. The van der Waals surface area contributed by atoms with Crippen LogP contribution in [0.1, 0.15) is 57.5 Å². The van der Waals surface area contributed by atoms with Crippen molar-refractivity contribution in [2.75, 3.05) is 0 Å². The predicted octanol–water partition coefficient (Wildman–Crippen LogP) is 9.04. The molecule has 3 aromatic carbocycles. The second-order valence-corrected chi connectivity index (χ2v) is 7.14. The summed E-state index contributed by atoms with van der Waals surface area (Å²) in [7, 11) is 0. The molecule has 0 N–H and O–H groups in total. The number of ether oxygens (including phenoxy) is 1. The van der Waals surface area contributed by atoms with Gasteiger partial charge in [0.1, 0.15) is 6.61 Å². The van der Waals surface area contributed by atoms with Crippen LogP contribution in [0.3, 0.4) is 0 Å². The van der Waals surface area contributed by atoms with Crippen LogP contribution in [0.15, 0.2) is 93.1 Å². The first-order valence-corrected chi connectivity index (χ1v) is 12.1. The van der Waals surface area contributed by atoms with E-state index in [1.807, 2.05) is 114 Å². The highest BCUT2D eigenvalue weighted by atomic mass is 79.9. The van der Waals surface area contributed by atoms with E-state index in [1.165, 1.54) is 0 Å². The van der Waals surface area contributed by atoms with Gasteiger partial charge in [-0.25, -0.2) is 4.79 Å². The molecule has 0 bridgehead atoms. The van der Waals surface area contributed by atoms with Crippen LogP contribution in [0, 0.1) is 0 Å². The molecule has 0 aliphatic rings. The van der Waals surface area contributed by atoms with Crippen LogP contribution >= 0.6 is 27.7 Å². The highest BCUT2D eigenvalue weighted by molar-refractivity contribution is 9.10. The molecular weight excluding hydrogens is 456 g/mol. The van der Waals surface area contributed by atoms with Crippen LogP contribution in [-0.2, 0) is 11.3 Å². The maximum absolute atomic E-state index is 12.4. The molecule has 0 atom stereocenters. The molecule has 0 aromatic heterocycles. The van der Waals surface area contributed by atoms with Gasteiger partial charge in [-0.15, -0.1) is 0 Å². The number of benzene rings is 3. The van der Waals surface area contributed by atoms with Crippen molar-refractivity contribution in [1.82, 2.24) is 0 Å². The molecule has 0 aliphatic carbocycles. The molecule has 0 radical (unpaired) electrons. The third-order valence-electron chi connectivity index (χ3n) is 3.36. The van der Waals surface area contributed by atoms with Gasteiger partial charge in [-0.3, -0.25) is 0 Å². The number of rotatable bonds is 5. The Balaban J connectivity index is 0.00000129. The third-order valence-corrected chi connectivity index (χ3v) is 4.97. The van der Waals surface area contributed by atoms with Gasteiger partial charge in [0.25, 0.3) is 0 Å². The average Bonchev–Trinajstić information content (AvgIpc) is 2.84.